The van der Waals surface area contributed by atoms with Crippen LogP contribution in [0, 0.1) is 5.92 Å². The Bertz CT molecular complexity index is 573. The number of carbonyl (C=O) groups excluding carboxylic acids is 2. The van der Waals surface area contributed by atoms with Crippen molar-refractivity contribution in [1.82, 2.24) is 10.4 Å². The summed E-state index contributed by atoms with van der Waals surface area (Å²) in [6.07, 6.45) is 2.34. The first-order valence-corrected chi connectivity index (χ1v) is 8.76. The van der Waals surface area contributed by atoms with E-state index in [9.17, 15) is 9.59 Å². The summed E-state index contributed by atoms with van der Waals surface area (Å²) in [4.78, 5) is 24.9. The normalized spacial score (nSPS) is 27.8. The van der Waals surface area contributed by atoms with Crippen LogP contribution in [-0.2, 0) is 16.0 Å². The van der Waals surface area contributed by atoms with Gasteiger partial charge in [-0.15, -0.1) is 0 Å². The minimum Gasteiger partial charge on any atom is -0.272 e. The van der Waals surface area contributed by atoms with Gasteiger partial charge in [0.2, 0.25) is 0 Å². The smallest absolute Gasteiger partial charge is 0.254 e. The summed E-state index contributed by atoms with van der Waals surface area (Å²) in [5, 5.41) is 1.61. The number of rotatable bonds is 3. The Hall–Kier alpha value is -1.49. The maximum Gasteiger partial charge on any atom is 0.254 e. The summed E-state index contributed by atoms with van der Waals surface area (Å²) in [7, 11) is 0. The molecule has 1 N–H and O–H groups in total. The summed E-state index contributed by atoms with van der Waals surface area (Å²) in [5.41, 5.74) is 3.84. The third kappa shape index (κ3) is 3.14. The Labute approximate surface area is 135 Å². The topological polar surface area (TPSA) is 49.4 Å². The maximum atomic E-state index is 12.7. The van der Waals surface area contributed by atoms with E-state index in [1.54, 1.807) is 5.01 Å². The summed E-state index contributed by atoms with van der Waals surface area (Å²) in [6.45, 7) is 4.40. The van der Waals surface area contributed by atoms with Gasteiger partial charge in [-0.05, 0) is 30.6 Å². The van der Waals surface area contributed by atoms with Gasteiger partial charge in [-0.25, -0.2) is 0 Å². The van der Waals surface area contributed by atoms with Gasteiger partial charge >= 0.3 is 0 Å². The van der Waals surface area contributed by atoms with Crippen molar-refractivity contribution in [2.45, 2.75) is 43.9 Å². The first-order chi connectivity index (χ1) is 10.5. The first-order valence-electron chi connectivity index (χ1n) is 7.78. The number of hydrogen-bond acceptors (Lipinski definition) is 3. The zero-order valence-corrected chi connectivity index (χ0v) is 13.9. The van der Waals surface area contributed by atoms with Crippen LogP contribution >= 0.6 is 11.8 Å². The summed E-state index contributed by atoms with van der Waals surface area (Å²) in [5.74, 6) is 0.215. The fourth-order valence-corrected chi connectivity index (χ4v) is 4.51. The molecular weight excluding hydrogens is 296 g/mol. The molecule has 2 amide bonds. The molecule has 118 valence electrons. The second kappa shape index (κ2) is 5.95. The second-order valence-corrected chi connectivity index (χ2v) is 8.48. The lowest BCUT2D eigenvalue weighted by atomic mass is 9.96. The minimum absolute atomic E-state index is 0.0680. The van der Waals surface area contributed by atoms with Gasteiger partial charge in [0.1, 0.15) is 5.92 Å². The lowest BCUT2D eigenvalue weighted by molar-refractivity contribution is -0.135. The quantitative estimate of drug-likeness (QED) is 0.871. The highest BCUT2D eigenvalue weighted by Gasteiger charge is 2.44. The molecule has 2 aliphatic heterocycles. The summed E-state index contributed by atoms with van der Waals surface area (Å²) >= 11 is 1.94. The first kappa shape index (κ1) is 15.4. The molecule has 0 saturated carbocycles. The number of benzene rings is 1. The zero-order valence-electron chi connectivity index (χ0n) is 13.0. The Balaban J connectivity index is 1.71. The molecule has 0 spiro atoms. The maximum absolute atomic E-state index is 12.7. The summed E-state index contributed by atoms with van der Waals surface area (Å²) < 4.78 is 0.158. The van der Waals surface area contributed by atoms with Crippen molar-refractivity contribution in [3.05, 3.63) is 35.9 Å². The Morgan fingerprint density at radius 2 is 2.00 bits per heavy atom. The van der Waals surface area contributed by atoms with E-state index < -0.39 is 5.92 Å². The van der Waals surface area contributed by atoms with Crippen LogP contribution in [0.5, 0.6) is 0 Å². The number of nitrogens with one attached hydrogen (secondary N) is 1. The number of nitrogens with zero attached hydrogens (tertiary/aromatic N) is 1. The van der Waals surface area contributed by atoms with E-state index in [0.29, 0.717) is 6.42 Å². The number of amides is 2. The molecule has 22 heavy (non-hydrogen) atoms. The fraction of sp³-hybridized carbons (Fsp3) is 0.529. The second-order valence-electron chi connectivity index (χ2n) is 6.68. The molecule has 4 nitrogen and oxygen atoms in total. The molecule has 5 heteroatoms. The highest BCUT2D eigenvalue weighted by Crippen LogP contribution is 2.38. The molecule has 3 rings (SSSR count). The molecule has 2 fully saturated rings. The number of thioether (sulfide) groups is 1. The number of hydrogen-bond donors (Lipinski definition) is 1. The minimum atomic E-state index is -0.583. The van der Waals surface area contributed by atoms with Crippen LogP contribution in [-0.4, -0.2) is 33.4 Å². The van der Waals surface area contributed by atoms with E-state index in [-0.39, 0.29) is 22.6 Å². The predicted molar refractivity (Wildman–Crippen MR) is 88.2 cm³/mol. The van der Waals surface area contributed by atoms with Gasteiger partial charge in [0, 0.05) is 4.75 Å². The highest BCUT2D eigenvalue weighted by molar-refractivity contribution is 8.00. The molecule has 0 radical (unpaired) electrons. The van der Waals surface area contributed by atoms with Gasteiger partial charge < -0.3 is 0 Å². The van der Waals surface area contributed by atoms with Crippen LogP contribution in [0.15, 0.2) is 30.3 Å². The van der Waals surface area contributed by atoms with Crippen LogP contribution in [0.2, 0.25) is 0 Å². The predicted octanol–water partition coefficient (Wildman–Crippen LogP) is 2.39. The molecule has 0 bridgehead atoms. The SMILES string of the molecule is CC1(C)C[C@@H](N2NC(=O)[C@H](Cc3ccccc3)C2=O)CCS1. The molecule has 0 aliphatic carbocycles. The lowest BCUT2D eigenvalue weighted by Crippen LogP contribution is -2.48. The molecule has 1 aromatic carbocycles. The van der Waals surface area contributed by atoms with Crippen LogP contribution in [0.1, 0.15) is 32.3 Å². The van der Waals surface area contributed by atoms with Crippen molar-refractivity contribution in [3.63, 3.8) is 0 Å². The van der Waals surface area contributed by atoms with Gasteiger partial charge in [0.05, 0.1) is 6.04 Å². The van der Waals surface area contributed by atoms with Crippen LogP contribution in [0.3, 0.4) is 0 Å². The molecule has 2 atom stereocenters. The number of hydrazine groups is 1. The van der Waals surface area contributed by atoms with Crippen LogP contribution in [0.25, 0.3) is 0 Å². The van der Waals surface area contributed by atoms with E-state index in [4.69, 9.17) is 0 Å². The third-order valence-electron chi connectivity index (χ3n) is 4.40. The standard InChI is InChI=1S/C17H22N2O2S/c1-17(2)11-13(8-9-22-17)19-16(21)14(15(20)18-19)10-12-6-4-3-5-7-12/h3-7,13-14H,8-11H2,1-2H3,(H,18,20)/t13-,14-/m0/s1. The van der Waals surface area contributed by atoms with Crippen molar-refractivity contribution in [3.8, 4) is 0 Å². The molecule has 1 aromatic rings. The van der Waals surface area contributed by atoms with Crippen molar-refractivity contribution in [2.24, 2.45) is 5.92 Å². The van der Waals surface area contributed by atoms with Crippen LogP contribution < -0.4 is 5.43 Å². The van der Waals surface area contributed by atoms with Gasteiger partial charge in [0.15, 0.2) is 0 Å². The molecule has 0 unspecified atom stereocenters. The number of carbonyl (C=O) groups is 2. The van der Waals surface area contributed by atoms with Crippen molar-refractivity contribution < 1.29 is 9.59 Å². The Morgan fingerprint density at radius 1 is 1.27 bits per heavy atom. The Kier molecular flexibility index (Phi) is 4.17. The van der Waals surface area contributed by atoms with Gasteiger partial charge in [-0.2, -0.15) is 11.8 Å². The molecule has 2 heterocycles. The van der Waals surface area contributed by atoms with E-state index in [0.717, 1.165) is 24.2 Å². The van der Waals surface area contributed by atoms with Gasteiger partial charge in [-0.3, -0.25) is 20.0 Å². The third-order valence-corrected chi connectivity index (χ3v) is 5.79. The van der Waals surface area contributed by atoms with Gasteiger partial charge in [-0.1, -0.05) is 44.2 Å². The van der Waals surface area contributed by atoms with E-state index in [1.807, 2.05) is 42.1 Å². The van der Waals surface area contributed by atoms with E-state index in [2.05, 4.69) is 19.3 Å². The van der Waals surface area contributed by atoms with Crippen molar-refractivity contribution in [1.29, 1.82) is 0 Å². The average Bonchev–Trinajstić information content (AvgIpc) is 2.75. The monoisotopic (exact) mass is 318 g/mol. The Morgan fingerprint density at radius 3 is 2.68 bits per heavy atom. The summed E-state index contributed by atoms with van der Waals surface area (Å²) in [6, 6.07) is 9.85. The van der Waals surface area contributed by atoms with E-state index >= 15 is 0 Å². The lowest BCUT2D eigenvalue weighted by Gasteiger charge is -2.38. The zero-order chi connectivity index (χ0) is 15.7. The average molecular weight is 318 g/mol. The highest BCUT2D eigenvalue weighted by atomic mass is 32.2. The molecule has 2 aliphatic rings. The van der Waals surface area contributed by atoms with Crippen LogP contribution in [0.4, 0.5) is 0 Å². The van der Waals surface area contributed by atoms with Gasteiger partial charge in [0.25, 0.3) is 11.8 Å². The molecular formula is C17H22N2O2S. The van der Waals surface area contributed by atoms with E-state index in [1.165, 1.54) is 0 Å². The van der Waals surface area contributed by atoms with Crippen molar-refractivity contribution in [2.75, 3.05) is 5.75 Å². The molecule has 0 aromatic heterocycles. The molecule has 2 saturated heterocycles. The largest absolute Gasteiger partial charge is 0.272 e. The van der Waals surface area contributed by atoms with Crippen molar-refractivity contribution >= 4 is 23.6 Å². The fourth-order valence-electron chi connectivity index (χ4n) is 3.25.